The summed E-state index contributed by atoms with van der Waals surface area (Å²) in [6.45, 7) is 3.31. The first-order chi connectivity index (χ1) is 6.42. The summed E-state index contributed by atoms with van der Waals surface area (Å²) in [5.74, 6) is 0. The van der Waals surface area contributed by atoms with Gasteiger partial charge in [-0.25, -0.2) is 0 Å². The predicted octanol–water partition coefficient (Wildman–Crippen LogP) is 2.34. The molecule has 14 heavy (non-hydrogen) atoms. The highest BCUT2D eigenvalue weighted by Crippen LogP contribution is 2.13. The topological polar surface area (TPSA) is 46.5 Å². The standard InChI is InChI=1S/C9H10ClNO2S/c1-7-3-5-9(6-4-7)14(12,13)11-8(2)10/h3-6H,1-2H3. The first kappa shape index (κ1) is 11.2. The van der Waals surface area contributed by atoms with E-state index in [-0.39, 0.29) is 10.1 Å². The van der Waals surface area contributed by atoms with E-state index in [2.05, 4.69) is 4.40 Å². The van der Waals surface area contributed by atoms with E-state index in [4.69, 9.17) is 11.6 Å². The van der Waals surface area contributed by atoms with Crippen LogP contribution in [0.4, 0.5) is 0 Å². The van der Waals surface area contributed by atoms with Gasteiger partial charge in [0.2, 0.25) is 0 Å². The number of halogens is 1. The van der Waals surface area contributed by atoms with Crippen LogP contribution in [0.15, 0.2) is 33.6 Å². The highest BCUT2D eigenvalue weighted by molar-refractivity contribution is 7.90. The van der Waals surface area contributed by atoms with E-state index in [1.165, 1.54) is 19.1 Å². The molecule has 0 unspecified atom stereocenters. The highest BCUT2D eigenvalue weighted by Gasteiger charge is 2.11. The maximum atomic E-state index is 11.5. The van der Waals surface area contributed by atoms with Crippen molar-refractivity contribution < 1.29 is 8.42 Å². The Labute approximate surface area is 88.5 Å². The zero-order valence-electron chi connectivity index (χ0n) is 7.86. The summed E-state index contributed by atoms with van der Waals surface area (Å²) in [7, 11) is -3.62. The van der Waals surface area contributed by atoms with E-state index in [1.807, 2.05) is 6.92 Å². The molecule has 0 atom stereocenters. The third-order valence-electron chi connectivity index (χ3n) is 1.56. The second-order valence-electron chi connectivity index (χ2n) is 2.88. The molecule has 0 bridgehead atoms. The molecule has 0 fully saturated rings. The van der Waals surface area contributed by atoms with E-state index in [1.54, 1.807) is 12.1 Å². The van der Waals surface area contributed by atoms with E-state index in [9.17, 15) is 8.42 Å². The van der Waals surface area contributed by atoms with E-state index in [0.717, 1.165) is 5.56 Å². The van der Waals surface area contributed by atoms with Crippen molar-refractivity contribution in [1.29, 1.82) is 0 Å². The Kier molecular flexibility index (Phi) is 3.29. The van der Waals surface area contributed by atoms with Crippen molar-refractivity contribution in [3.05, 3.63) is 29.8 Å². The second kappa shape index (κ2) is 4.11. The second-order valence-corrected chi connectivity index (χ2v) is 5.03. The van der Waals surface area contributed by atoms with Crippen LogP contribution in [0.1, 0.15) is 12.5 Å². The minimum atomic E-state index is -3.62. The molecule has 0 N–H and O–H groups in total. The van der Waals surface area contributed by atoms with Crippen molar-refractivity contribution in [3.8, 4) is 0 Å². The molecule has 1 aromatic carbocycles. The molecule has 0 saturated heterocycles. The molecule has 3 nitrogen and oxygen atoms in total. The Hall–Kier alpha value is -0.870. The summed E-state index contributed by atoms with van der Waals surface area (Å²) < 4.78 is 26.3. The lowest BCUT2D eigenvalue weighted by Crippen LogP contribution is -1.98. The molecular weight excluding hydrogens is 222 g/mol. The minimum absolute atomic E-state index is 0.00516. The van der Waals surface area contributed by atoms with Gasteiger partial charge in [-0.05, 0) is 26.0 Å². The fourth-order valence-corrected chi connectivity index (χ4v) is 2.12. The Morgan fingerprint density at radius 2 is 1.79 bits per heavy atom. The number of sulfonamides is 1. The zero-order chi connectivity index (χ0) is 10.8. The molecule has 0 aliphatic carbocycles. The summed E-state index contributed by atoms with van der Waals surface area (Å²) in [6.07, 6.45) is 0. The van der Waals surface area contributed by atoms with Gasteiger partial charge >= 0.3 is 0 Å². The van der Waals surface area contributed by atoms with Gasteiger partial charge in [0.05, 0.1) is 4.90 Å². The summed E-state index contributed by atoms with van der Waals surface area (Å²) in [5.41, 5.74) is 0.996. The number of hydrogen-bond acceptors (Lipinski definition) is 2. The van der Waals surface area contributed by atoms with Crippen molar-refractivity contribution in [1.82, 2.24) is 0 Å². The Bertz CT molecular complexity index is 444. The molecule has 0 spiro atoms. The average molecular weight is 232 g/mol. The van der Waals surface area contributed by atoms with Crippen LogP contribution in [-0.2, 0) is 10.0 Å². The van der Waals surface area contributed by atoms with Gasteiger partial charge in [0, 0.05) is 0 Å². The van der Waals surface area contributed by atoms with Crippen molar-refractivity contribution >= 4 is 26.8 Å². The summed E-state index contributed by atoms with van der Waals surface area (Å²) in [6, 6.07) is 6.44. The highest BCUT2D eigenvalue weighted by atomic mass is 35.5. The molecule has 1 rings (SSSR count). The number of aryl methyl sites for hydroxylation is 1. The summed E-state index contributed by atoms with van der Waals surface area (Å²) in [5, 5.41) is 0.00516. The molecule has 0 aliphatic rings. The van der Waals surface area contributed by atoms with Gasteiger partial charge < -0.3 is 0 Å². The van der Waals surface area contributed by atoms with Gasteiger partial charge in [-0.3, -0.25) is 0 Å². The fourth-order valence-electron chi connectivity index (χ4n) is 0.929. The Morgan fingerprint density at radius 1 is 1.29 bits per heavy atom. The SMILES string of the molecule is CC(Cl)=NS(=O)(=O)c1ccc(C)cc1. The van der Waals surface area contributed by atoms with Crippen LogP contribution in [0.2, 0.25) is 0 Å². The lowest BCUT2D eigenvalue weighted by atomic mass is 10.2. The van der Waals surface area contributed by atoms with E-state index in [0.29, 0.717) is 0 Å². The van der Waals surface area contributed by atoms with Crippen LogP contribution in [0.5, 0.6) is 0 Å². The van der Waals surface area contributed by atoms with Gasteiger partial charge in [0.15, 0.2) is 0 Å². The predicted molar refractivity (Wildman–Crippen MR) is 57.3 cm³/mol. The zero-order valence-corrected chi connectivity index (χ0v) is 9.43. The molecule has 76 valence electrons. The first-order valence-electron chi connectivity index (χ1n) is 3.95. The largest absolute Gasteiger partial charge is 0.283 e. The lowest BCUT2D eigenvalue weighted by Gasteiger charge is -1.98. The maximum absolute atomic E-state index is 11.5. The van der Waals surface area contributed by atoms with Gasteiger partial charge in [0.1, 0.15) is 5.17 Å². The molecule has 0 amide bonds. The number of nitrogens with zero attached hydrogens (tertiary/aromatic N) is 1. The number of rotatable bonds is 2. The number of hydrogen-bond donors (Lipinski definition) is 0. The van der Waals surface area contributed by atoms with Gasteiger partial charge in [-0.1, -0.05) is 29.3 Å². The van der Waals surface area contributed by atoms with Gasteiger partial charge in [-0.15, -0.1) is 0 Å². The summed E-state index contributed by atoms with van der Waals surface area (Å²) in [4.78, 5) is 0.156. The molecule has 5 heteroatoms. The van der Waals surface area contributed by atoms with Crippen LogP contribution >= 0.6 is 11.6 Å². The third-order valence-corrected chi connectivity index (χ3v) is 3.13. The van der Waals surface area contributed by atoms with Crippen LogP contribution in [-0.4, -0.2) is 13.6 Å². The van der Waals surface area contributed by atoms with Crippen molar-refractivity contribution in [3.63, 3.8) is 0 Å². The van der Waals surface area contributed by atoms with E-state index >= 15 is 0 Å². The van der Waals surface area contributed by atoms with Crippen molar-refractivity contribution in [2.45, 2.75) is 18.7 Å². The fraction of sp³-hybridized carbons (Fsp3) is 0.222. The molecule has 0 saturated carbocycles. The molecule has 0 aliphatic heterocycles. The Morgan fingerprint density at radius 3 is 2.21 bits per heavy atom. The molecular formula is C9H10ClNO2S. The minimum Gasteiger partial charge on any atom is -0.199 e. The molecule has 1 aromatic rings. The third kappa shape index (κ3) is 2.82. The smallest absolute Gasteiger partial charge is 0.199 e. The Balaban J connectivity index is 3.18. The summed E-state index contributed by atoms with van der Waals surface area (Å²) >= 11 is 5.41. The van der Waals surface area contributed by atoms with E-state index < -0.39 is 10.0 Å². The number of benzene rings is 1. The quantitative estimate of drug-likeness (QED) is 0.734. The average Bonchev–Trinajstić information content (AvgIpc) is 2.02. The van der Waals surface area contributed by atoms with Crippen LogP contribution in [0, 0.1) is 6.92 Å². The maximum Gasteiger partial charge on any atom is 0.283 e. The van der Waals surface area contributed by atoms with Gasteiger partial charge in [-0.2, -0.15) is 12.8 Å². The first-order valence-corrected chi connectivity index (χ1v) is 5.77. The lowest BCUT2D eigenvalue weighted by molar-refractivity contribution is 0.598. The van der Waals surface area contributed by atoms with Crippen molar-refractivity contribution in [2.24, 2.45) is 4.40 Å². The molecule has 0 radical (unpaired) electrons. The monoisotopic (exact) mass is 231 g/mol. The van der Waals surface area contributed by atoms with Gasteiger partial charge in [0.25, 0.3) is 10.0 Å². The van der Waals surface area contributed by atoms with Crippen LogP contribution < -0.4 is 0 Å². The molecule has 0 heterocycles. The normalized spacial score (nSPS) is 12.9. The van der Waals surface area contributed by atoms with Crippen LogP contribution in [0.25, 0.3) is 0 Å². The molecule has 0 aromatic heterocycles. The van der Waals surface area contributed by atoms with Crippen molar-refractivity contribution in [2.75, 3.05) is 0 Å². The van der Waals surface area contributed by atoms with Crippen LogP contribution in [0.3, 0.4) is 0 Å².